The van der Waals surface area contributed by atoms with Gasteiger partial charge in [-0.2, -0.15) is 5.10 Å². The van der Waals surface area contributed by atoms with Crippen LogP contribution in [0.2, 0.25) is 0 Å². The Bertz CT molecular complexity index is 756. The molecule has 4 N–H and O–H groups in total. The molecule has 0 radical (unpaired) electrons. The Morgan fingerprint density at radius 1 is 1.38 bits per heavy atom. The summed E-state index contributed by atoms with van der Waals surface area (Å²) >= 11 is 0. The van der Waals surface area contributed by atoms with Crippen molar-refractivity contribution in [3.05, 3.63) is 35.3 Å². The second kappa shape index (κ2) is 5.72. The van der Waals surface area contributed by atoms with E-state index in [1.165, 1.54) is 13.0 Å². The molecule has 0 aliphatic carbocycles. The first kappa shape index (κ1) is 15.3. The SMILES string of the molecule is CCCc1cc(NS(=O)(=O)c2cc(N)cc(F)c2C)n[nH]1. The molecule has 0 unspecified atom stereocenters. The number of hydrogen-bond donors (Lipinski definition) is 3. The molecule has 1 aromatic carbocycles. The fraction of sp³-hybridized carbons (Fsp3) is 0.308. The molecule has 0 aliphatic rings. The third-order valence-electron chi connectivity index (χ3n) is 3.00. The van der Waals surface area contributed by atoms with E-state index < -0.39 is 15.8 Å². The van der Waals surface area contributed by atoms with Crippen molar-refractivity contribution >= 4 is 21.5 Å². The second-order valence-corrected chi connectivity index (χ2v) is 6.41. The number of aryl methyl sites for hydroxylation is 1. The van der Waals surface area contributed by atoms with Crippen molar-refractivity contribution in [2.45, 2.75) is 31.6 Å². The Kier molecular flexibility index (Phi) is 4.17. The highest BCUT2D eigenvalue weighted by Crippen LogP contribution is 2.23. The smallest absolute Gasteiger partial charge is 0.263 e. The van der Waals surface area contributed by atoms with Crippen LogP contribution in [0.1, 0.15) is 24.6 Å². The van der Waals surface area contributed by atoms with Gasteiger partial charge in [-0.1, -0.05) is 13.3 Å². The van der Waals surface area contributed by atoms with Crippen molar-refractivity contribution in [1.82, 2.24) is 10.2 Å². The molecule has 1 heterocycles. The van der Waals surface area contributed by atoms with Crippen LogP contribution in [-0.4, -0.2) is 18.6 Å². The average Bonchev–Trinajstić information content (AvgIpc) is 2.80. The number of nitrogens with zero attached hydrogens (tertiary/aromatic N) is 1. The first-order valence-corrected chi connectivity index (χ1v) is 7.94. The molecule has 114 valence electrons. The molecule has 0 bridgehead atoms. The van der Waals surface area contributed by atoms with Crippen molar-refractivity contribution < 1.29 is 12.8 Å². The number of sulfonamides is 1. The minimum absolute atomic E-state index is 0.0148. The van der Waals surface area contributed by atoms with Crippen molar-refractivity contribution in [2.24, 2.45) is 0 Å². The number of nitrogens with two attached hydrogens (primary N) is 1. The van der Waals surface area contributed by atoms with Crippen LogP contribution in [0.3, 0.4) is 0 Å². The fourth-order valence-electron chi connectivity index (χ4n) is 1.96. The van der Waals surface area contributed by atoms with Gasteiger partial charge in [-0.15, -0.1) is 0 Å². The molecule has 0 atom stereocenters. The Hall–Kier alpha value is -2.09. The summed E-state index contributed by atoms with van der Waals surface area (Å²) in [7, 11) is -3.94. The van der Waals surface area contributed by atoms with Gasteiger partial charge < -0.3 is 5.73 Å². The molecule has 2 rings (SSSR count). The molecular formula is C13H17FN4O2S. The third-order valence-corrected chi connectivity index (χ3v) is 4.48. The highest BCUT2D eigenvalue weighted by atomic mass is 32.2. The second-order valence-electron chi connectivity index (χ2n) is 4.76. The number of aromatic nitrogens is 2. The van der Waals surface area contributed by atoms with E-state index in [4.69, 9.17) is 5.73 Å². The van der Waals surface area contributed by atoms with Gasteiger partial charge in [0.15, 0.2) is 5.82 Å². The molecule has 6 nitrogen and oxygen atoms in total. The Morgan fingerprint density at radius 2 is 2.10 bits per heavy atom. The number of rotatable bonds is 5. The molecule has 1 aromatic heterocycles. The van der Waals surface area contributed by atoms with E-state index in [-0.39, 0.29) is 22.0 Å². The largest absolute Gasteiger partial charge is 0.399 e. The van der Waals surface area contributed by atoms with Crippen LogP contribution in [0, 0.1) is 12.7 Å². The summed E-state index contributed by atoms with van der Waals surface area (Å²) in [6.45, 7) is 3.39. The number of nitrogens with one attached hydrogen (secondary N) is 2. The van der Waals surface area contributed by atoms with Crippen molar-refractivity contribution in [1.29, 1.82) is 0 Å². The van der Waals surface area contributed by atoms with Gasteiger partial charge in [-0.05, 0) is 25.5 Å². The van der Waals surface area contributed by atoms with E-state index >= 15 is 0 Å². The molecule has 0 saturated carbocycles. The number of H-pyrrole nitrogens is 1. The standard InChI is InChI=1S/C13H17FN4O2S/c1-3-4-10-7-13(17-16-10)18-21(19,20)12-6-9(15)5-11(14)8(12)2/h5-7H,3-4,15H2,1-2H3,(H2,16,17,18). The lowest BCUT2D eigenvalue weighted by Crippen LogP contribution is -2.15. The zero-order chi connectivity index (χ0) is 15.6. The summed E-state index contributed by atoms with van der Waals surface area (Å²) in [4.78, 5) is -0.194. The zero-order valence-electron chi connectivity index (χ0n) is 11.8. The summed E-state index contributed by atoms with van der Waals surface area (Å²) < 4.78 is 40.5. The van der Waals surface area contributed by atoms with E-state index in [0.29, 0.717) is 0 Å². The van der Waals surface area contributed by atoms with E-state index in [1.807, 2.05) is 6.92 Å². The van der Waals surface area contributed by atoms with Crippen LogP contribution in [0.4, 0.5) is 15.9 Å². The fourth-order valence-corrected chi connectivity index (χ4v) is 3.24. The number of nitrogen functional groups attached to an aromatic ring is 1. The highest BCUT2D eigenvalue weighted by molar-refractivity contribution is 7.92. The summed E-state index contributed by atoms with van der Waals surface area (Å²) in [5.41, 5.74) is 6.40. The Labute approximate surface area is 122 Å². The van der Waals surface area contributed by atoms with Gasteiger partial charge in [0, 0.05) is 23.0 Å². The van der Waals surface area contributed by atoms with Gasteiger partial charge in [0.05, 0.1) is 4.90 Å². The van der Waals surface area contributed by atoms with Crippen LogP contribution in [0.5, 0.6) is 0 Å². The summed E-state index contributed by atoms with van der Waals surface area (Å²) in [6.07, 6.45) is 1.68. The highest BCUT2D eigenvalue weighted by Gasteiger charge is 2.21. The van der Waals surface area contributed by atoms with Gasteiger partial charge in [0.2, 0.25) is 0 Å². The lowest BCUT2D eigenvalue weighted by Gasteiger charge is -2.10. The van der Waals surface area contributed by atoms with Gasteiger partial charge in [-0.25, -0.2) is 12.8 Å². The lowest BCUT2D eigenvalue weighted by molar-refractivity contribution is 0.591. The molecule has 21 heavy (non-hydrogen) atoms. The number of benzene rings is 1. The minimum Gasteiger partial charge on any atom is -0.399 e. The first-order chi connectivity index (χ1) is 9.83. The maximum absolute atomic E-state index is 13.6. The maximum Gasteiger partial charge on any atom is 0.263 e. The van der Waals surface area contributed by atoms with Crippen molar-refractivity contribution in [3.63, 3.8) is 0 Å². The van der Waals surface area contributed by atoms with E-state index in [1.54, 1.807) is 6.07 Å². The van der Waals surface area contributed by atoms with Crippen molar-refractivity contribution in [2.75, 3.05) is 10.5 Å². The van der Waals surface area contributed by atoms with Gasteiger partial charge in [-0.3, -0.25) is 9.82 Å². The molecule has 2 aromatic rings. The number of anilines is 2. The third kappa shape index (κ3) is 3.33. The predicted octanol–water partition coefficient (Wildman–Crippen LogP) is 2.19. The van der Waals surface area contributed by atoms with Crippen LogP contribution in [-0.2, 0) is 16.4 Å². The normalized spacial score (nSPS) is 11.6. The predicted molar refractivity (Wildman–Crippen MR) is 78.9 cm³/mol. The molecule has 0 spiro atoms. The molecule has 0 aliphatic heterocycles. The van der Waals surface area contributed by atoms with Gasteiger partial charge >= 0.3 is 0 Å². The van der Waals surface area contributed by atoms with Gasteiger partial charge in [0.25, 0.3) is 10.0 Å². The number of halogens is 1. The van der Waals surface area contributed by atoms with E-state index in [0.717, 1.165) is 24.6 Å². The monoisotopic (exact) mass is 312 g/mol. The average molecular weight is 312 g/mol. The molecular weight excluding hydrogens is 295 g/mol. The first-order valence-electron chi connectivity index (χ1n) is 6.46. The van der Waals surface area contributed by atoms with E-state index in [2.05, 4.69) is 14.9 Å². The van der Waals surface area contributed by atoms with Crippen LogP contribution in [0.15, 0.2) is 23.1 Å². The maximum atomic E-state index is 13.6. The van der Waals surface area contributed by atoms with E-state index in [9.17, 15) is 12.8 Å². The quantitative estimate of drug-likeness (QED) is 0.737. The summed E-state index contributed by atoms with van der Waals surface area (Å²) in [5.74, 6) is -0.496. The van der Waals surface area contributed by atoms with Crippen LogP contribution < -0.4 is 10.5 Å². The summed E-state index contributed by atoms with van der Waals surface area (Å²) in [5, 5.41) is 6.62. The number of aromatic amines is 1. The zero-order valence-corrected chi connectivity index (χ0v) is 12.6. The molecule has 0 fully saturated rings. The Balaban J connectivity index is 2.34. The molecule has 0 amide bonds. The summed E-state index contributed by atoms with van der Waals surface area (Å²) in [6, 6.07) is 3.92. The number of hydrogen-bond acceptors (Lipinski definition) is 4. The minimum atomic E-state index is -3.94. The van der Waals surface area contributed by atoms with Crippen LogP contribution in [0.25, 0.3) is 0 Å². The topological polar surface area (TPSA) is 101 Å². The molecule has 0 saturated heterocycles. The van der Waals surface area contributed by atoms with Crippen LogP contribution >= 0.6 is 0 Å². The molecule has 8 heteroatoms. The lowest BCUT2D eigenvalue weighted by atomic mass is 10.2. The van der Waals surface area contributed by atoms with Gasteiger partial charge in [0.1, 0.15) is 5.82 Å². The Morgan fingerprint density at radius 3 is 2.76 bits per heavy atom. The van der Waals surface area contributed by atoms with Crippen molar-refractivity contribution in [3.8, 4) is 0 Å².